The monoisotopic (exact) mass is 390 g/mol. The molecule has 3 aromatic rings. The van der Waals surface area contributed by atoms with Crippen LogP contribution in [0.15, 0.2) is 41.9 Å². The number of alkyl halides is 2. The second-order valence-electron chi connectivity index (χ2n) is 6.28. The van der Waals surface area contributed by atoms with Gasteiger partial charge in [-0.25, -0.2) is 4.98 Å². The smallest absolute Gasteiger partial charge is 0.387 e. The number of hydrogen-bond donors (Lipinski definition) is 1. The summed E-state index contributed by atoms with van der Waals surface area (Å²) in [5, 5.41) is 2.80. The van der Waals surface area contributed by atoms with Crippen molar-refractivity contribution in [1.29, 1.82) is 0 Å². The molecule has 2 aromatic carbocycles. The van der Waals surface area contributed by atoms with Crippen LogP contribution in [0.5, 0.6) is 11.5 Å². The molecule has 1 saturated carbocycles. The Bertz CT molecular complexity index is 972. The first-order valence-electron chi connectivity index (χ1n) is 8.45. The standard InChI is InChI=1S/C19H16F2N2O3S/c20-19(21)26-15-6-3-12(7-16(15)25-9-11-1-2-11)18(24)23-13-4-5-14-17(8-13)27-10-22-14/h3-8,10-11,19H,1-2,9H2,(H,23,24). The maximum absolute atomic E-state index is 12.6. The predicted octanol–water partition coefficient (Wildman–Crippen LogP) is 4.94. The molecule has 1 aliphatic carbocycles. The Hall–Kier alpha value is -2.74. The summed E-state index contributed by atoms with van der Waals surface area (Å²) in [6.07, 6.45) is 2.12. The third kappa shape index (κ3) is 4.33. The fourth-order valence-corrected chi connectivity index (χ4v) is 3.30. The second-order valence-corrected chi connectivity index (χ2v) is 7.17. The van der Waals surface area contributed by atoms with Gasteiger partial charge in [0.15, 0.2) is 11.5 Å². The first-order chi connectivity index (χ1) is 13.1. The average Bonchev–Trinajstić information content (AvgIpc) is 3.36. The van der Waals surface area contributed by atoms with Crippen LogP contribution >= 0.6 is 11.3 Å². The molecule has 0 spiro atoms. The van der Waals surface area contributed by atoms with E-state index in [0.29, 0.717) is 23.8 Å². The zero-order chi connectivity index (χ0) is 18.8. The van der Waals surface area contributed by atoms with Crippen LogP contribution in [0.3, 0.4) is 0 Å². The summed E-state index contributed by atoms with van der Waals surface area (Å²) >= 11 is 1.48. The van der Waals surface area contributed by atoms with Gasteiger partial charge in [-0.1, -0.05) is 0 Å². The van der Waals surface area contributed by atoms with Gasteiger partial charge in [0.05, 0.1) is 22.3 Å². The summed E-state index contributed by atoms with van der Waals surface area (Å²) in [5.74, 6) is 0.146. The van der Waals surface area contributed by atoms with Crippen molar-refractivity contribution in [2.75, 3.05) is 11.9 Å². The van der Waals surface area contributed by atoms with Crippen LogP contribution in [0.2, 0.25) is 0 Å². The quantitative estimate of drug-likeness (QED) is 0.621. The fourth-order valence-electron chi connectivity index (χ4n) is 2.58. The van der Waals surface area contributed by atoms with Crippen molar-refractivity contribution in [3.05, 3.63) is 47.5 Å². The van der Waals surface area contributed by atoms with Crippen LogP contribution in [0.1, 0.15) is 23.2 Å². The number of amides is 1. The third-order valence-electron chi connectivity index (χ3n) is 4.18. The number of thiazole rings is 1. The van der Waals surface area contributed by atoms with Gasteiger partial charge in [-0.15, -0.1) is 11.3 Å². The Kier molecular flexibility index (Phi) is 4.89. The van der Waals surface area contributed by atoms with Gasteiger partial charge in [-0.3, -0.25) is 4.79 Å². The Morgan fingerprint density at radius 2 is 2.07 bits per heavy atom. The summed E-state index contributed by atoms with van der Waals surface area (Å²) in [6.45, 7) is -2.54. The maximum atomic E-state index is 12.6. The zero-order valence-corrected chi connectivity index (χ0v) is 15.0. The van der Waals surface area contributed by atoms with E-state index in [0.717, 1.165) is 23.1 Å². The Labute approximate surface area is 157 Å². The molecule has 0 saturated heterocycles. The maximum Gasteiger partial charge on any atom is 0.387 e. The van der Waals surface area contributed by atoms with Crippen LogP contribution < -0.4 is 14.8 Å². The van der Waals surface area contributed by atoms with Gasteiger partial charge in [-0.05, 0) is 55.2 Å². The van der Waals surface area contributed by atoms with E-state index in [-0.39, 0.29) is 17.4 Å². The van der Waals surface area contributed by atoms with E-state index in [2.05, 4.69) is 15.0 Å². The minimum Gasteiger partial charge on any atom is -0.489 e. The molecule has 1 fully saturated rings. The number of hydrogen-bond acceptors (Lipinski definition) is 5. The number of halogens is 2. The van der Waals surface area contributed by atoms with E-state index in [1.54, 1.807) is 11.6 Å². The number of aromatic nitrogens is 1. The molecule has 1 amide bonds. The van der Waals surface area contributed by atoms with E-state index >= 15 is 0 Å². The SMILES string of the molecule is O=C(Nc1ccc2ncsc2c1)c1ccc(OC(F)F)c(OCC2CC2)c1. The topological polar surface area (TPSA) is 60.5 Å². The van der Waals surface area contributed by atoms with Gasteiger partial charge < -0.3 is 14.8 Å². The number of ether oxygens (including phenoxy) is 2. The molecule has 1 aliphatic rings. The van der Waals surface area contributed by atoms with Crippen LogP contribution in [-0.2, 0) is 0 Å². The number of anilines is 1. The van der Waals surface area contributed by atoms with Crippen molar-refractivity contribution >= 4 is 33.1 Å². The Morgan fingerprint density at radius 3 is 2.85 bits per heavy atom. The van der Waals surface area contributed by atoms with E-state index in [1.165, 1.54) is 29.5 Å². The van der Waals surface area contributed by atoms with Crippen molar-refractivity contribution < 1.29 is 23.0 Å². The van der Waals surface area contributed by atoms with Gasteiger partial charge in [-0.2, -0.15) is 8.78 Å². The van der Waals surface area contributed by atoms with E-state index in [4.69, 9.17) is 4.74 Å². The molecule has 0 unspecified atom stereocenters. The molecule has 1 heterocycles. The van der Waals surface area contributed by atoms with Crippen molar-refractivity contribution in [3.8, 4) is 11.5 Å². The highest BCUT2D eigenvalue weighted by Gasteiger charge is 2.23. The molecule has 0 aliphatic heterocycles. The normalized spacial score (nSPS) is 13.7. The summed E-state index contributed by atoms with van der Waals surface area (Å²) in [4.78, 5) is 16.8. The summed E-state index contributed by atoms with van der Waals surface area (Å²) in [7, 11) is 0. The lowest BCUT2D eigenvalue weighted by Gasteiger charge is -2.13. The number of carbonyl (C=O) groups is 1. The van der Waals surface area contributed by atoms with E-state index in [9.17, 15) is 13.6 Å². The molecular weight excluding hydrogens is 374 g/mol. The molecule has 140 valence electrons. The Morgan fingerprint density at radius 1 is 1.22 bits per heavy atom. The molecule has 8 heteroatoms. The molecule has 5 nitrogen and oxygen atoms in total. The highest BCUT2D eigenvalue weighted by atomic mass is 32.1. The molecule has 1 N–H and O–H groups in total. The molecule has 0 atom stereocenters. The first kappa shape index (κ1) is 17.7. The number of fused-ring (bicyclic) bond motifs is 1. The number of rotatable bonds is 7. The number of nitrogens with zero attached hydrogens (tertiary/aromatic N) is 1. The van der Waals surface area contributed by atoms with Crippen LogP contribution in [0, 0.1) is 5.92 Å². The summed E-state index contributed by atoms with van der Waals surface area (Å²) < 4.78 is 36.3. The fraction of sp³-hybridized carbons (Fsp3) is 0.263. The van der Waals surface area contributed by atoms with Crippen molar-refractivity contribution in [2.45, 2.75) is 19.5 Å². The lowest BCUT2D eigenvalue weighted by atomic mass is 10.1. The molecule has 0 radical (unpaired) electrons. The van der Waals surface area contributed by atoms with Gasteiger partial charge in [0, 0.05) is 11.3 Å². The molecule has 27 heavy (non-hydrogen) atoms. The van der Waals surface area contributed by atoms with Crippen LogP contribution in [0.4, 0.5) is 14.5 Å². The minimum atomic E-state index is -2.96. The lowest BCUT2D eigenvalue weighted by molar-refractivity contribution is -0.0515. The Balaban J connectivity index is 1.53. The van der Waals surface area contributed by atoms with Crippen LogP contribution in [0.25, 0.3) is 10.2 Å². The summed E-state index contributed by atoms with van der Waals surface area (Å²) in [6, 6.07) is 9.62. The second kappa shape index (κ2) is 7.48. The molecule has 4 rings (SSSR count). The third-order valence-corrected chi connectivity index (χ3v) is 4.97. The van der Waals surface area contributed by atoms with Gasteiger partial charge >= 0.3 is 6.61 Å². The predicted molar refractivity (Wildman–Crippen MR) is 98.9 cm³/mol. The molecular formula is C19H16F2N2O3S. The molecule has 1 aromatic heterocycles. The van der Waals surface area contributed by atoms with E-state index in [1.807, 2.05) is 12.1 Å². The molecule has 0 bridgehead atoms. The largest absolute Gasteiger partial charge is 0.489 e. The summed E-state index contributed by atoms with van der Waals surface area (Å²) in [5.41, 5.74) is 3.53. The van der Waals surface area contributed by atoms with E-state index < -0.39 is 6.61 Å². The van der Waals surface area contributed by atoms with Crippen molar-refractivity contribution in [1.82, 2.24) is 4.98 Å². The highest BCUT2D eigenvalue weighted by molar-refractivity contribution is 7.16. The zero-order valence-electron chi connectivity index (χ0n) is 14.2. The van der Waals surface area contributed by atoms with Gasteiger partial charge in [0.25, 0.3) is 5.91 Å². The number of nitrogens with one attached hydrogen (secondary N) is 1. The average molecular weight is 390 g/mol. The minimum absolute atomic E-state index is 0.0757. The van der Waals surface area contributed by atoms with Crippen molar-refractivity contribution in [2.24, 2.45) is 5.92 Å². The highest BCUT2D eigenvalue weighted by Crippen LogP contribution is 2.34. The number of benzene rings is 2. The number of carbonyl (C=O) groups excluding carboxylic acids is 1. The van der Waals surface area contributed by atoms with Gasteiger partial charge in [0.1, 0.15) is 0 Å². The van der Waals surface area contributed by atoms with Crippen molar-refractivity contribution in [3.63, 3.8) is 0 Å². The van der Waals surface area contributed by atoms with Gasteiger partial charge in [0.2, 0.25) is 0 Å². The van der Waals surface area contributed by atoms with Crippen LogP contribution in [-0.4, -0.2) is 24.1 Å². The lowest BCUT2D eigenvalue weighted by Crippen LogP contribution is -2.13. The first-order valence-corrected chi connectivity index (χ1v) is 9.33.